The molecule has 0 spiro atoms. The van der Waals surface area contributed by atoms with E-state index in [0.29, 0.717) is 42.5 Å². The van der Waals surface area contributed by atoms with Crippen LogP contribution < -0.4 is 5.56 Å². The molecule has 0 bridgehead atoms. The van der Waals surface area contributed by atoms with Gasteiger partial charge in [-0.15, -0.1) is 0 Å². The molecule has 3 aromatic rings. The summed E-state index contributed by atoms with van der Waals surface area (Å²) in [6, 6.07) is 11.0. The van der Waals surface area contributed by atoms with Gasteiger partial charge in [0.25, 0.3) is 5.89 Å². The van der Waals surface area contributed by atoms with Gasteiger partial charge in [0.2, 0.25) is 5.56 Å². The van der Waals surface area contributed by atoms with E-state index in [9.17, 15) is 9.90 Å². The number of nitrogens with one attached hydrogen (secondary N) is 1. The van der Waals surface area contributed by atoms with Crippen LogP contribution in [0.1, 0.15) is 37.1 Å². The number of H-pyrrole nitrogens is 1. The van der Waals surface area contributed by atoms with E-state index in [-0.39, 0.29) is 5.56 Å². The Morgan fingerprint density at radius 3 is 2.61 bits per heavy atom. The highest BCUT2D eigenvalue weighted by molar-refractivity contribution is 6.30. The van der Waals surface area contributed by atoms with Crippen molar-refractivity contribution in [1.82, 2.24) is 15.1 Å². The zero-order valence-corrected chi connectivity index (χ0v) is 16.2. The van der Waals surface area contributed by atoms with Gasteiger partial charge in [-0.2, -0.15) is 4.98 Å². The Kier molecular flexibility index (Phi) is 5.33. The highest BCUT2D eigenvalue weighted by Crippen LogP contribution is 2.36. The molecule has 0 radical (unpaired) electrons. The lowest BCUT2D eigenvalue weighted by molar-refractivity contribution is -0.0107. The quantitative estimate of drug-likeness (QED) is 0.681. The maximum atomic E-state index is 11.2. The molecule has 2 heterocycles. The van der Waals surface area contributed by atoms with Gasteiger partial charge in [0.15, 0.2) is 5.82 Å². The average molecular weight is 400 g/mol. The molecule has 7 heteroatoms. The molecule has 1 aliphatic rings. The van der Waals surface area contributed by atoms with Crippen molar-refractivity contribution in [2.24, 2.45) is 5.92 Å². The third-order valence-corrected chi connectivity index (χ3v) is 5.71. The molecule has 0 amide bonds. The van der Waals surface area contributed by atoms with E-state index >= 15 is 0 Å². The lowest BCUT2D eigenvalue weighted by Crippen LogP contribution is -2.37. The minimum Gasteiger partial charge on any atom is -0.389 e. The molecule has 6 nitrogen and oxygen atoms in total. The van der Waals surface area contributed by atoms with Crippen LogP contribution in [0.2, 0.25) is 5.02 Å². The molecule has 1 aliphatic carbocycles. The zero-order valence-electron chi connectivity index (χ0n) is 15.4. The number of nitrogens with zero attached hydrogens (tertiary/aromatic N) is 2. The Morgan fingerprint density at radius 1 is 1.18 bits per heavy atom. The summed E-state index contributed by atoms with van der Waals surface area (Å²) >= 11 is 5.95. The second-order valence-corrected chi connectivity index (χ2v) is 8.07. The summed E-state index contributed by atoms with van der Waals surface area (Å²) in [6.45, 7) is 0. The molecular weight excluding hydrogens is 378 g/mol. The van der Waals surface area contributed by atoms with E-state index in [1.54, 1.807) is 6.07 Å². The van der Waals surface area contributed by atoms with Crippen LogP contribution in [0.5, 0.6) is 0 Å². The van der Waals surface area contributed by atoms with Crippen molar-refractivity contribution in [3.8, 4) is 11.5 Å². The summed E-state index contributed by atoms with van der Waals surface area (Å²) < 4.78 is 5.28. The summed E-state index contributed by atoms with van der Waals surface area (Å²) in [7, 11) is 0. The largest absolute Gasteiger partial charge is 0.389 e. The molecule has 28 heavy (non-hydrogen) atoms. The smallest absolute Gasteiger partial charge is 0.259 e. The predicted molar refractivity (Wildman–Crippen MR) is 106 cm³/mol. The minimum absolute atomic E-state index is 0.187. The van der Waals surface area contributed by atoms with Crippen molar-refractivity contribution in [3.63, 3.8) is 0 Å². The van der Waals surface area contributed by atoms with Gasteiger partial charge in [-0.3, -0.25) is 4.79 Å². The van der Waals surface area contributed by atoms with E-state index in [4.69, 9.17) is 16.1 Å². The summed E-state index contributed by atoms with van der Waals surface area (Å²) in [5, 5.41) is 15.7. The Bertz CT molecular complexity index is 968. The fraction of sp³-hybridized carbons (Fsp3) is 0.381. The van der Waals surface area contributed by atoms with Gasteiger partial charge in [0.05, 0.1) is 11.2 Å². The number of pyridine rings is 1. The minimum atomic E-state index is -0.803. The molecule has 4 rings (SSSR count). The number of rotatable bonds is 5. The van der Waals surface area contributed by atoms with E-state index in [1.165, 1.54) is 17.8 Å². The summed E-state index contributed by atoms with van der Waals surface area (Å²) in [6.07, 6.45) is 6.27. The number of hydrogen-bond acceptors (Lipinski definition) is 5. The first-order valence-corrected chi connectivity index (χ1v) is 9.85. The van der Waals surface area contributed by atoms with Crippen LogP contribution in [-0.4, -0.2) is 25.8 Å². The summed E-state index contributed by atoms with van der Waals surface area (Å²) in [4.78, 5) is 18.1. The van der Waals surface area contributed by atoms with Crippen molar-refractivity contribution in [1.29, 1.82) is 0 Å². The molecule has 1 aromatic carbocycles. The Balaban J connectivity index is 1.35. The van der Waals surface area contributed by atoms with Gasteiger partial charge in [-0.1, -0.05) is 28.9 Å². The lowest BCUT2D eigenvalue weighted by Gasteiger charge is -2.35. The van der Waals surface area contributed by atoms with Crippen molar-refractivity contribution in [2.45, 2.75) is 44.1 Å². The van der Waals surface area contributed by atoms with Crippen LogP contribution in [0.25, 0.3) is 11.5 Å². The first-order chi connectivity index (χ1) is 13.5. The second-order valence-electron chi connectivity index (χ2n) is 7.63. The molecule has 0 aliphatic heterocycles. The maximum absolute atomic E-state index is 11.2. The van der Waals surface area contributed by atoms with Crippen LogP contribution in [-0.2, 0) is 12.8 Å². The third-order valence-electron chi connectivity index (χ3n) is 5.46. The Morgan fingerprint density at radius 2 is 1.93 bits per heavy atom. The number of halogens is 1. The van der Waals surface area contributed by atoms with Crippen LogP contribution in [0, 0.1) is 5.92 Å². The van der Waals surface area contributed by atoms with Gasteiger partial charge in [-0.05, 0) is 61.8 Å². The summed E-state index contributed by atoms with van der Waals surface area (Å²) in [5.41, 5.74) is 0.941. The van der Waals surface area contributed by atoms with Gasteiger partial charge in [-0.25, -0.2) is 0 Å². The molecule has 1 saturated carbocycles. The van der Waals surface area contributed by atoms with Crippen LogP contribution in [0.15, 0.2) is 51.9 Å². The van der Waals surface area contributed by atoms with Crippen LogP contribution in [0.4, 0.5) is 0 Å². The first-order valence-electron chi connectivity index (χ1n) is 9.48. The molecule has 0 saturated heterocycles. The van der Waals surface area contributed by atoms with Crippen molar-refractivity contribution in [2.75, 3.05) is 0 Å². The normalized spacial score (nSPS) is 22.3. The molecular formula is C21H22ClN3O3. The van der Waals surface area contributed by atoms with Gasteiger partial charge in [0, 0.05) is 23.7 Å². The van der Waals surface area contributed by atoms with Crippen molar-refractivity contribution in [3.05, 3.63) is 69.4 Å². The van der Waals surface area contributed by atoms with Gasteiger partial charge < -0.3 is 14.6 Å². The first kappa shape index (κ1) is 18.9. The molecule has 146 valence electrons. The lowest BCUT2D eigenvalue weighted by atomic mass is 9.75. The van der Waals surface area contributed by atoms with Gasteiger partial charge in [0.1, 0.15) is 0 Å². The number of hydrogen-bond donors (Lipinski definition) is 2. The van der Waals surface area contributed by atoms with E-state index < -0.39 is 5.60 Å². The van der Waals surface area contributed by atoms with E-state index in [2.05, 4.69) is 27.3 Å². The third kappa shape index (κ3) is 4.51. The monoisotopic (exact) mass is 399 g/mol. The second kappa shape index (κ2) is 7.89. The fourth-order valence-corrected chi connectivity index (χ4v) is 3.96. The number of aliphatic hydroxyl groups is 1. The van der Waals surface area contributed by atoms with Crippen molar-refractivity contribution >= 4 is 11.6 Å². The van der Waals surface area contributed by atoms with Crippen LogP contribution >= 0.6 is 11.6 Å². The molecule has 2 N–H and O–H groups in total. The molecule has 0 unspecified atom stereocenters. The molecule has 1 fully saturated rings. The van der Waals surface area contributed by atoms with Crippen molar-refractivity contribution < 1.29 is 9.63 Å². The fourth-order valence-electron chi connectivity index (χ4n) is 3.83. The molecule has 2 aromatic heterocycles. The van der Waals surface area contributed by atoms with Crippen LogP contribution in [0.3, 0.4) is 0 Å². The maximum Gasteiger partial charge on any atom is 0.259 e. The van der Waals surface area contributed by atoms with Gasteiger partial charge >= 0.3 is 0 Å². The number of benzene rings is 1. The topological polar surface area (TPSA) is 92.0 Å². The van der Waals surface area contributed by atoms with E-state index in [0.717, 1.165) is 24.3 Å². The number of aromatic nitrogens is 3. The SMILES string of the molecule is O=c1ccc(-c2nc(CC3(O)CCC(Cc4ccc(Cl)cc4)CC3)no2)c[nH]1. The highest BCUT2D eigenvalue weighted by Gasteiger charge is 2.34. The highest BCUT2D eigenvalue weighted by atomic mass is 35.5. The zero-order chi connectivity index (χ0) is 19.6. The molecule has 0 atom stereocenters. The Labute approximate surface area is 167 Å². The van der Waals surface area contributed by atoms with E-state index in [1.807, 2.05) is 12.1 Å². The number of aromatic amines is 1. The predicted octanol–water partition coefficient (Wildman–Crippen LogP) is 3.78. The Hall–Kier alpha value is -2.44. The average Bonchev–Trinajstić information content (AvgIpc) is 3.14. The summed E-state index contributed by atoms with van der Waals surface area (Å²) in [5.74, 6) is 1.38. The standard InChI is InChI=1S/C21H22ClN3O3/c22-17-4-1-14(2-5-17)11-15-7-9-21(27,10-8-15)12-18-24-20(28-25-18)16-3-6-19(26)23-13-16/h1-6,13,15,27H,7-12H2,(H,23,26).